The van der Waals surface area contributed by atoms with Crippen molar-refractivity contribution in [2.45, 2.75) is 47.1 Å². The fourth-order valence-corrected chi connectivity index (χ4v) is 2.77. The van der Waals surface area contributed by atoms with Crippen molar-refractivity contribution in [2.24, 2.45) is 11.3 Å². The molecule has 0 aliphatic heterocycles. The third-order valence-electron chi connectivity index (χ3n) is 4.41. The first kappa shape index (κ1) is 19.1. The second kappa shape index (κ2) is 7.78. The zero-order chi connectivity index (χ0) is 18.6. The first-order chi connectivity index (χ1) is 11.7. The molecule has 0 saturated carbocycles. The smallest absolute Gasteiger partial charge is 0.251 e. The minimum absolute atomic E-state index is 0.139. The summed E-state index contributed by atoms with van der Waals surface area (Å²) >= 11 is 0. The van der Waals surface area contributed by atoms with Crippen molar-refractivity contribution in [1.29, 1.82) is 0 Å². The summed E-state index contributed by atoms with van der Waals surface area (Å²) in [5.74, 6) is 1.45. The van der Waals surface area contributed by atoms with E-state index in [-0.39, 0.29) is 17.2 Å². The molecular formula is C19H28N4O2. The quantitative estimate of drug-likeness (QED) is 0.720. The molecule has 1 heterocycles. The van der Waals surface area contributed by atoms with E-state index in [2.05, 4.69) is 20.5 Å². The summed E-state index contributed by atoms with van der Waals surface area (Å²) in [5, 5.41) is 20.2. The van der Waals surface area contributed by atoms with E-state index in [1.54, 1.807) is 12.1 Å². The third-order valence-corrected chi connectivity index (χ3v) is 4.41. The number of carbonyl (C=O) groups excluding carboxylic acids is 1. The Morgan fingerprint density at radius 3 is 2.44 bits per heavy atom. The lowest BCUT2D eigenvalue weighted by atomic mass is 9.80. The molecule has 0 bridgehead atoms. The number of aliphatic hydroxyl groups is 1. The Kier molecular flexibility index (Phi) is 5.95. The molecule has 1 unspecified atom stereocenters. The average molecular weight is 344 g/mol. The van der Waals surface area contributed by atoms with Crippen LogP contribution in [0.4, 0.5) is 0 Å². The highest BCUT2D eigenvalue weighted by Crippen LogP contribution is 2.25. The standard InChI is InChI=1S/C19H28N4O2/c1-6-15-21-17(23-22-15)13-7-9-14(10-8-13)18(25)20-11-19(4,5)16(24)12(2)3/h7-10,12,16,24H,6,11H2,1-5H3,(H,20,25)(H,21,22,23). The van der Waals surface area contributed by atoms with Crippen LogP contribution >= 0.6 is 0 Å². The van der Waals surface area contributed by atoms with E-state index in [0.29, 0.717) is 17.9 Å². The fraction of sp³-hybridized carbons (Fsp3) is 0.526. The second-order valence-electron chi connectivity index (χ2n) is 7.40. The predicted molar refractivity (Wildman–Crippen MR) is 98.2 cm³/mol. The molecule has 6 heteroatoms. The molecule has 3 N–H and O–H groups in total. The molecule has 0 saturated heterocycles. The highest BCUT2D eigenvalue weighted by atomic mass is 16.3. The number of H-pyrrole nitrogens is 1. The number of nitrogens with one attached hydrogen (secondary N) is 2. The molecule has 136 valence electrons. The SMILES string of the molecule is CCc1nc(-c2ccc(C(=O)NCC(C)(C)C(O)C(C)C)cc2)n[nH]1. The minimum Gasteiger partial charge on any atom is -0.392 e. The molecule has 0 radical (unpaired) electrons. The van der Waals surface area contributed by atoms with Gasteiger partial charge in [0.15, 0.2) is 5.82 Å². The minimum atomic E-state index is -0.478. The van der Waals surface area contributed by atoms with Crippen LogP contribution in [0.3, 0.4) is 0 Å². The molecule has 0 fully saturated rings. The van der Waals surface area contributed by atoms with Gasteiger partial charge < -0.3 is 10.4 Å². The molecule has 2 rings (SSSR count). The van der Waals surface area contributed by atoms with Crippen molar-refractivity contribution in [3.05, 3.63) is 35.7 Å². The summed E-state index contributed by atoms with van der Waals surface area (Å²) in [4.78, 5) is 16.7. The number of aromatic nitrogens is 3. The van der Waals surface area contributed by atoms with Crippen LogP contribution in [0.2, 0.25) is 0 Å². The number of nitrogens with zero attached hydrogens (tertiary/aromatic N) is 2. The zero-order valence-electron chi connectivity index (χ0n) is 15.6. The van der Waals surface area contributed by atoms with Crippen molar-refractivity contribution in [3.63, 3.8) is 0 Å². The summed E-state index contributed by atoms with van der Waals surface area (Å²) in [5.41, 5.74) is 1.05. The van der Waals surface area contributed by atoms with Crippen LogP contribution in [-0.4, -0.2) is 38.8 Å². The van der Waals surface area contributed by atoms with Gasteiger partial charge in [-0.15, -0.1) is 0 Å². The van der Waals surface area contributed by atoms with Gasteiger partial charge in [-0.2, -0.15) is 5.10 Å². The van der Waals surface area contributed by atoms with E-state index in [4.69, 9.17) is 0 Å². The first-order valence-corrected chi connectivity index (χ1v) is 8.72. The molecule has 1 aromatic carbocycles. The second-order valence-corrected chi connectivity index (χ2v) is 7.40. The Labute approximate surface area is 149 Å². The first-order valence-electron chi connectivity index (χ1n) is 8.72. The number of hydrogen-bond acceptors (Lipinski definition) is 4. The molecule has 1 aromatic heterocycles. The van der Waals surface area contributed by atoms with E-state index in [1.165, 1.54) is 0 Å². The molecule has 1 atom stereocenters. The number of aliphatic hydroxyl groups excluding tert-OH is 1. The predicted octanol–water partition coefficient (Wildman–Crippen LogP) is 2.81. The third kappa shape index (κ3) is 4.66. The molecular weight excluding hydrogens is 316 g/mol. The van der Waals surface area contributed by atoms with E-state index in [0.717, 1.165) is 17.8 Å². The number of aryl methyl sites for hydroxylation is 1. The van der Waals surface area contributed by atoms with E-state index < -0.39 is 6.10 Å². The van der Waals surface area contributed by atoms with Gasteiger partial charge >= 0.3 is 0 Å². The van der Waals surface area contributed by atoms with Crippen molar-refractivity contribution in [2.75, 3.05) is 6.54 Å². The lowest BCUT2D eigenvalue weighted by Gasteiger charge is -2.33. The highest BCUT2D eigenvalue weighted by Gasteiger charge is 2.30. The van der Waals surface area contributed by atoms with Gasteiger partial charge in [0.2, 0.25) is 0 Å². The van der Waals surface area contributed by atoms with Crippen LogP contribution in [0.5, 0.6) is 0 Å². The van der Waals surface area contributed by atoms with Gasteiger partial charge in [0.25, 0.3) is 5.91 Å². The number of hydrogen-bond donors (Lipinski definition) is 3. The van der Waals surface area contributed by atoms with E-state index >= 15 is 0 Å². The maximum atomic E-state index is 12.4. The van der Waals surface area contributed by atoms with Crippen LogP contribution in [0.25, 0.3) is 11.4 Å². The van der Waals surface area contributed by atoms with Crippen LogP contribution in [-0.2, 0) is 6.42 Å². The van der Waals surface area contributed by atoms with Crippen LogP contribution in [0, 0.1) is 11.3 Å². The number of rotatable bonds is 7. The van der Waals surface area contributed by atoms with Gasteiger partial charge in [-0.3, -0.25) is 9.89 Å². The van der Waals surface area contributed by atoms with Gasteiger partial charge in [-0.1, -0.05) is 46.8 Å². The van der Waals surface area contributed by atoms with Gasteiger partial charge in [-0.05, 0) is 18.1 Å². The highest BCUT2D eigenvalue weighted by molar-refractivity contribution is 5.94. The summed E-state index contributed by atoms with van der Waals surface area (Å²) in [7, 11) is 0. The van der Waals surface area contributed by atoms with Crippen LogP contribution in [0.1, 0.15) is 50.8 Å². The molecule has 2 aromatic rings. The summed E-state index contributed by atoms with van der Waals surface area (Å²) in [6, 6.07) is 7.20. The number of aromatic amines is 1. The topological polar surface area (TPSA) is 90.9 Å². The van der Waals surface area contributed by atoms with Crippen LogP contribution < -0.4 is 5.32 Å². The molecule has 0 aliphatic rings. The molecule has 25 heavy (non-hydrogen) atoms. The van der Waals surface area contributed by atoms with Gasteiger partial charge in [0, 0.05) is 29.5 Å². The maximum Gasteiger partial charge on any atom is 0.251 e. The van der Waals surface area contributed by atoms with E-state index in [1.807, 2.05) is 46.8 Å². The molecule has 0 aliphatic carbocycles. The Bertz CT molecular complexity index is 704. The number of carbonyl (C=O) groups is 1. The van der Waals surface area contributed by atoms with Gasteiger partial charge in [0.05, 0.1) is 6.10 Å². The number of benzene rings is 1. The lowest BCUT2D eigenvalue weighted by Crippen LogP contribution is -2.43. The largest absolute Gasteiger partial charge is 0.392 e. The van der Waals surface area contributed by atoms with Crippen LogP contribution in [0.15, 0.2) is 24.3 Å². The normalized spacial score (nSPS) is 13.1. The van der Waals surface area contributed by atoms with Gasteiger partial charge in [-0.25, -0.2) is 4.98 Å². The summed E-state index contributed by atoms with van der Waals surface area (Å²) in [6.07, 6.45) is 0.319. The molecule has 6 nitrogen and oxygen atoms in total. The molecule has 0 spiro atoms. The average Bonchev–Trinajstić information content (AvgIpc) is 3.08. The summed E-state index contributed by atoms with van der Waals surface area (Å²) < 4.78 is 0. The molecule has 1 amide bonds. The van der Waals surface area contributed by atoms with E-state index in [9.17, 15) is 9.90 Å². The lowest BCUT2D eigenvalue weighted by molar-refractivity contribution is 0.0138. The fourth-order valence-electron chi connectivity index (χ4n) is 2.77. The summed E-state index contributed by atoms with van der Waals surface area (Å²) in [6.45, 7) is 10.3. The van der Waals surface area contributed by atoms with Gasteiger partial charge in [0.1, 0.15) is 5.82 Å². The van der Waals surface area contributed by atoms with Crippen molar-refractivity contribution >= 4 is 5.91 Å². The Morgan fingerprint density at radius 2 is 1.92 bits per heavy atom. The Morgan fingerprint density at radius 1 is 1.28 bits per heavy atom. The zero-order valence-corrected chi connectivity index (χ0v) is 15.6. The number of amides is 1. The Hall–Kier alpha value is -2.21. The van der Waals surface area contributed by atoms with Crippen molar-refractivity contribution in [3.8, 4) is 11.4 Å². The van der Waals surface area contributed by atoms with Crippen molar-refractivity contribution in [1.82, 2.24) is 20.5 Å². The maximum absolute atomic E-state index is 12.4. The monoisotopic (exact) mass is 344 g/mol. The Balaban J connectivity index is 2.01. The van der Waals surface area contributed by atoms with Crippen molar-refractivity contribution < 1.29 is 9.90 Å².